The molecule has 0 unspecified atom stereocenters. The molecule has 2 aromatic carbocycles. The fourth-order valence-electron chi connectivity index (χ4n) is 2.55. The average Bonchev–Trinajstić information content (AvgIpc) is 2.50. The van der Waals surface area contributed by atoms with Gasteiger partial charge in [-0.05, 0) is 26.8 Å². The topological polar surface area (TPSA) is 52.8 Å². The van der Waals surface area contributed by atoms with Gasteiger partial charge in [0.15, 0.2) is 0 Å². The summed E-state index contributed by atoms with van der Waals surface area (Å²) in [6, 6.07) is 2.75. The molecule has 0 heterocycles. The minimum absolute atomic E-state index is 0. The summed E-state index contributed by atoms with van der Waals surface area (Å²) < 4.78 is 56.0. The molecule has 0 amide bonds. The Balaban J connectivity index is 0. The van der Waals surface area contributed by atoms with Crippen LogP contribution in [0.4, 0.5) is 17.6 Å². The number of halogens is 5. The van der Waals surface area contributed by atoms with Crippen molar-refractivity contribution in [3.05, 3.63) is 57.1 Å². The van der Waals surface area contributed by atoms with Crippen LogP contribution >= 0.6 is 28.7 Å². The van der Waals surface area contributed by atoms with Gasteiger partial charge in [-0.15, -0.1) is 0 Å². The zero-order chi connectivity index (χ0) is 24.0. The van der Waals surface area contributed by atoms with Crippen LogP contribution in [0.1, 0.15) is 60.1 Å². The van der Waals surface area contributed by atoms with Crippen LogP contribution in [0.3, 0.4) is 0 Å². The second-order valence-corrected chi connectivity index (χ2v) is 9.30. The Morgan fingerprint density at radius 3 is 1.48 bits per heavy atom. The Morgan fingerprint density at radius 1 is 0.839 bits per heavy atom. The van der Waals surface area contributed by atoms with Gasteiger partial charge in [0.05, 0.1) is 4.47 Å². The van der Waals surface area contributed by atoms with E-state index >= 15 is 0 Å². The predicted octanol–water partition coefficient (Wildman–Crippen LogP) is 7.52. The molecule has 0 aliphatic rings. The predicted molar refractivity (Wildman–Crippen MR) is 125 cm³/mol. The molecule has 31 heavy (non-hydrogen) atoms. The van der Waals surface area contributed by atoms with Crippen molar-refractivity contribution < 1.29 is 27.8 Å². The number of rotatable bonds is 0. The summed E-state index contributed by atoms with van der Waals surface area (Å²) in [5, 5.41) is 18.0. The number of phenolic OH excluding ortho intramolecular Hbond substituents is 2. The summed E-state index contributed by atoms with van der Waals surface area (Å²) in [4.78, 5) is 0. The van der Waals surface area contributed by atoms with Gasteiger partial charge < -0.3 is 10.2 Å². The summed E-state index contributed by atoms with van der Waals surface area (Å²) in [7, 11) is 4.34. The van der Waals surface area contributed by atoms with Crippen molar-refractivity contribution in [2.45, 2.75) is 59.8 Å². The van der Waals surface area contributed by atoms with Gasteiger partial charge in [0.25, 0.3) is 0 Å². The summed E-state index contributed by atoms with van der Waals surface area (Å²) in [5.74, 6) is -3.68. The number of aromatic hydroxyl groups is 2. The number of phenols is 2. The van der Waals surface area contributed by atoms with Gasteiger partial charge in [-0.25, -0.2) is 17.6 Å². The van der Waals surface area contributed by atoms with Gasteiger partial charge in [0.2, 0.25) is 0 Å². The molecule has 0 bridgehead atoms. The third kappa shape index (κ3) is 9.23. The van der Waals surface area contributed by atoms with Gasteiger partial charge in [-0.3, -0.25) is 0 Å². The van der Waals surface area contributed by atoms with Crippen molar-refractivity contribution in [1.29, 1.82) is 0 Å². The Kier molecular flexibility index (Phi) is 12.7. The number of hydrogen-bond donors (Lipinski definition) is 3. The fourth-order valence-corrected chi connectivity index (χ4v) is 2.86. The quantitative estimate of drug-likeness (QED) is 0.144. The average molecular weight is 525 g/mol. The standard InChI is InChI=1S/C10H11BrF2O.C10H12F2O.CH4.BHNS/c1-10(2,3)7-5(12)4-6(14)8(11)9(7)13;1-10(2,3)9-7(11)4-6(13)5-8(9)12;;1-2-3/h4,14H,1-3H3;4-5,13H,1-3H3;1H4;3H. The van der Waals surface area contributed by atoms with E-state index < -0.39 is 39.8 Å². The van der Waals surface area contributed by atoms with E-state index in [1.807, 2.05) is 0 Å². The van der Waals surface area contributed by atoms with Crippen molar-refractivity contribution in [3.63, 3.8) is 0 Å². The van der Waals surface area contributed by atoms with Gasteiger partial charge in [-0.1, -0.05) is 49.0 Å². The van der Waals surface area contributed by atoms with E-state index in [0.29, 0.717) is 0 Å². The zero-order valence-electron chi connectivity index (χ0n) is 17.5. The third-order valence-corrected chi connectivity index (χ3v) is 4.42. The van der Waals surface area contributed by atoms with E-state index in [-0.39, 0.29) is 28.8 Å². The van der Waals surface area contributed by atoms with Crippen molar-refractivity contribution in [2.24, 2.45) is 4.30 Å². The number of hydrogen-bond acceptors (Lipinski definition) is 4. The SMILES string of the molecule is C.CC(C)(C)c1c(F)cc(O)c(Br)c1F.CC(C)(C)c1c(F)cc(O)cc1F.[B]=NS. The van der Waals surface area contributed by atoms with Gasteiger partial charge in [0.1, 0.15) is 34.8 Å². The molecule has 0 aliphatic carbocycles. The molecule has 3 nitrogen and oxygen atoms in total. The first kappa shape index (κ1) is 31.6. The molecular formula is C21H28BBrF4NO2S. The van der Waals surface area contributed by atoms with Crippen LogP contribution in [0.15, 0.2) is 27.0 Å². The maximum absolute atomic E-state index is 13.6. The molecule has 2 N–H and O–H groups in total. The van der Waals surface area contributed by atoms with Crippen LogP contribution in [0.25, 0.3) is 0 Å². The molecule has 0 fully saturated rings. The first-order valence-corrected chi connectivity index (χ1v) is 9.78. The summed E-state index contributed by atoms with van der Waals surface area (Å²) >= 11 is 6.06. The zero-order valence-corrected chi connectivity index (χ0v) is 20.0. The number of nitrogens with zero attached hydrogens (tertiary/aromatic N) is 1. The molecular weight excluding hydrogens is 497 g/mol. The number of thiol groups is 1. The van der Waals surface area contributed by atoms with E-state index in [1.165, 1.54) is 0 Å². The molecule has 0 saturated carbocycles. The summed E-state index contributed by atoms with van der Waals surface area (Å²) in [5.41, 5.74) is -1.25. The first-order valence-electron chi connectivity index (χ1n) is 8.58. The molecule has 1 radical (unpaired) electrons. The Hall–Kier alpha value is -1.55. The van der Waals surface area contributed by atoms with Crippen LogP contribution in [-0.4, -0.2) is 17.9 Å². The second-order valence-electron chi connectivity index (χ2n) is 8.28. The van der Waals surface area contributed by atoms with Crippen molar-refractivity contribution in [1.82, 2.24) is 0 Å². The van der Waals surface area contributed by atoms with E-state index in [9.17, 15) is 17.6 Å². The van der Waals surface area contributed by atoms with Gasteiger partial charge in [0, 0.05) is 29.3 Å². The van der Waals surface area contributed by atoms with E-state index in [1.54, 1.807) is 41.5 Å². The summed E-state index contributed by atoms with van der Waals surface area (Å²) in [6.45, 7) is 10.3. The van der Waals surface area contributed by atoms with Crippen LogP contribution in [-0.2, 0) is 10.8 Å². The molecule has 0 saturated heterocycles. The molecule has 0 aromatic heterocycles. The van der Waals surface area contributed by atoms with E-state index in [4.69, 9.17) is 10.2 Å². The molecule has 0 spiro atoms. The van der Waals surface area contributed by atoms with Crippen molar-refractivity contribution in [3.8, 4) is 11.5 Å². The Bertz CT molecular complexity index is 877. The van der Waals surface area contributed by atoms with Crippen molar-refractivity contribution >= 4 is 36.4 Å². The molecule has 2 aromatic rings. The third-order valence-electron chi connectivity index (χ3n) is 3.67. The Morgan fingerprint density at radius 2 is 1.16 bits per heavy atom. The van der Waals surface area contributed by atoms with E-state index in [0.717, 1.165) is 18.2 Å². The van der Waals surface area contributed by atoms with Gasteiger partial charge >= 0.3 is 24.8 Å². The minimum atomic E-state index is -0.741. The molecule has 0 aliphatic heterocycles. The van der Waals surface area contributed by atoms with Crippen LogP contribution in [0.5, 0.6) is 11.5 Å². The fraction of sp³-hybridized carbons (Fsp3) is 0.429. The molecule has 0 atom stereocenters. The summed E-state index contributed by atoms with van der Waals surface area (Å²) in [6.07, 6.45) is 0. The number of benzene rings is 2. The first-order chi connectivity index (χ1) is 13.5. The normalized spacial score (nSPS) is 10.7. The van der Waals surface area contributed by atoms with Crippen LogP contribution in [0, 0.1) is 23.3 Å². The molecule has 173 valence electrons. The molecule has 10 heteroatoms. The maximum atomic E-state index is 13.6. The van der Waals surface area contributed by atoms with Crippen LogP contribution < -0.4 is 0 Å². The second kappa shape index (κ2) is 12.5. The van der Waals surface area contributed by atoms with Crippen LogP contribution in [0.2, 0.25) is 0 Å². The van der Waals surface area contributed by atoms with Crippen molar-refractivity contribution in [2.75, 3.05) is 0 Å². The monoisotopic (exact) mass is 524 g/mol. The van der Waals surface area contributed by atoms with E-state index in [2.05, 4.69) is 40.7 Å². The Labute approximate surface area is 196 Å². The molecule has 2 rings (SSSR count). The van der Waals surface area contributed by atoms with Gasteiger partial charge in [-0.2, -0.15) is 0 Å².